The van der Waals surface area contributed by atoms with Crippen molar-refractivity contribution in [2.45, 2.75) is 129 Å². The van der Waals surface area contributed by atoms with Gasteiger partial charge in [-0.15, -0.1) is 0 Å². The van der Waals surface area contributed by atoms with Gasteiger partial charge in [0, 0.05) is 18.0 Å². The minimum absolute atomic E-state index is 0.127. The minimum Gasteiger partial charge on any atom is -0.426 e. The number of unbranched alkanes of at least 4 members (excludes halogenated alkanes) is 10. The molecule has 1 aromatic heterocycles. The van der Waals surface area contributed by atoms with Crippen LogP contribution < -0.4 is 4.74 Å². The minimum atomic E-state index is -0.257. The first-order chi connectivity index (χ1) is 19.1. The SMILES string of the molecule is CCCCCCCCc1cnc(-c2ccc(OC(=O)[C@H]3CC[C@@](C#N)(CCCCCCCC)CC3)cc2)nc1. The van der Waals surface area contributed by atoms with Crippen LogP contribution in [0.4, 0.5) is 0 Å². The number of hydrogen-bond acceptors (Lipinski definition) is 5. The predicted octanol–water partition coefficient (Wildman–Crippen LogP) is 9.40. The van der Waals surface area contributed by atoms with Crippen LogP contribution >= 0.6 is 0 Å². The third-order valence-corrected chi connectivity index (χ3v) is 8.38. The molecule has 0 spiro atoms. The molecule has 2 aromatic rings. The van der Waals surface area contributed by atoms with Crippen LogP contribution in [-0.4, -0.2) is 15.9 Å². The second kappa shape index (κ2) is 17.1. The Morgan fingerprint density at radius 2 is 1.44 bits per heavy atom. The Hall–Kier alpha value is -2.74. The summed E-state index contributed by atoms with van der Waals surface area (Å²) in [4.78, 5) is 22.0. The van der Waals surface area contributed by atoms with Gasteiger partial charge in [0.2, 0.25) is 0 Å². The quantitative estimate of drug-likeness (QED) is 0.115. The van der Waals surface area contributed by atoms with Crippen molar-refractivity contribution >= 4 is 5.97 Å². The van der Waals surface area contributed by atoms with E-state index in [9.17, 15) is 10.1 Å². The monoisotopic (exact) mass is 531 g/mol. The van der Waals surface area contributed by atoms with Gasteiger partial charge in [-0.3, -0.25) is 4.79 Å². The number of carbonyl (C=O) groups is 1. The fraction of sp³-hybridized carbons (Fsp3) is 0.647. The summed E-state index contributed by atoms with van der Waals surface area (Å²) in [5.41, 5.74) is 1.83. The standard InChI is InChI=1S/C34H49N3O2/c1-3-5-7-9-11-13-15-28-25-36-32(37-26-28)29-16-18-31(19-17-29)39-33(38)30-20-23-34(27-35,24-21-30)22-14-12-10-8-6-4-2/h16-19,25-26,30H,3-15,20-24H2,1-2H3/t30-,34-. The van der Waals surface area contributed by atoms with Crippen molar-refractivity contribution in [3.8, 4) is 23.2 Å². The first kappa shape index (κ1) is 30.8. The Morgan fingerprint density at radius 1 is 0.872 bits per heavy atom. The number of benzene rings is 1. The zero-order valence-electron chi connectivity index (χ0n) is 24.4. The van der Waals surface area contributed by atoms with E-state index < -0.39 is 0 Å². The van der Waals surface area contributed by atoms with Crippen LogP contribution in [0.3, 0.4) is 0 Å². The largest absolute Gasteiger partial charge is 0.426 e. The van der Waals surface area contributed by atoms with Crippen molar-refractivity contribution in [1.29, 1.82) is 5.26 Å². The molecule has 0 amide bonds. The van der Waals surface area contributed by atoms with E-state index in [-0.39, 0.29) is 17.3 Å². The summed E-state index contributed by atoms with van der Waals surface area (Å²) in [6.45, 7) is 4.48. The van der Waals surface area contributed by atoms with Crippen LogP contribution in [0.25, 0.3) is 11.4 Å². The van der Waals surface area contributed by atoms with Gasteiger partial charge >= 0.3 is 5.97 Å². The second-order valence-electron chi connectivity index (χ2n) is 11.6. The first-order valence-electron chi connectivity index (χ1n) is 15.6. The van der Waals surface area contributed by atoms with Crippen molar-refractivity contribution in [3.05, 3.63) is 42.2 Å². The molecule has 0 atom stereocenters. The zero-order valence-corrected chi connectivity index (χ0v) is 24.4. The van der Waals surface area contributed by atoms with Gasteiger partial charge in [0.05, 0.1) is 17.4 Å². The summed E-state index contributed by atoms with van der Waals surface area (Å²) < 4.78 is 5.72. The van der Waals surface area contributed by atoms with Gasteiger partial charge in [0.15, 0.2) is 5.82 Å². The zero-order chi connectivity index (χ0) is 27.8. The molecule has 0 bridgehead atoms. The number of rotatable bonds is 17. The molecule has 1 aliphatic rings. The van der Waals surface area contributed by atoms with Crippen molar-refractivity contribution in [3.63, 3.8) is 0 Å². The third kappa shape index (κ3) is 10.4. The number of hydrogen-bond donors (Lipinski definition) is 0. The number of esters is 1. The smallest absolute Gasteiger partial charge is 0.314 e. The number of nitrogens with zero attached hydrogens (tertiary/aromatic N) is 3. The average molecular weight is 532 g/mol. The Balaban J connectivity index is 1.41. The van der Waals surface area contributed by atoms with E-state index in [0.717, 1.165) is 50.5 Å². The fourth-order valence-electron chi connectivity index (χ4n) is 5.68. The maximum Gasteiger partial charge on any atom is 0.314 e. The van der Waals surface area contributed by atoms with Crippen LogP contribution in [0.1, 0.15) is 129 Å². The van der Waals surface area contributed by atoms with Gasteiger partial charge in [-0.05, 0) is 74.8 Å². The molecule has 0 unspecified atom stereocenters. The van der Waals surface area contributed by atoms with E-state index in [1.807, 2.05) is 36.7 Å². The molecule has 39 heavy (non-hydrogen) atoms. The molecule has 1 heterocycles. The Bertz CT molecular complexity index is 1000. The van der Waals surface area contributed by atoms with E-state index in [0.29, 0.717) is 11.6 Å². The first-order valence-corrected chi connectivity index (χ1v) is 15.6. The molecular formula is C34H49N3O2. The van der Waals surface area contributed by atoms with Gasteiger partial charge in [-0.25, -0.2) is 9.97 Å². The molecule has 0 N–H and O–H groups in total. The van der Waals surface area contributed by atoms with E-state index >= 15 is 0 Å². The highest BCUT2D eigenvalue weighted by molar-refractivity contribution is 5.75. The Labute approximate surface area is 236 Å². The molecule has 0 aliphatic heterocycles. The third-order valence-electron chi connectivity index (χ3n) is 8.38. The van der Waals surface area contributed by atoms with Crippen LogP contribution in [0.15, 0.2) is 36.7 Å². The number of carbonyl (C=O) groups excluding carboxylic acids is 1. The highest BCUT2D eigenvalue weighted by atomic mass is 16.5. The van der Waals surface area contributed by atoms with Crippen LogP contribution in [-0.2, 0) is 11.2 Å². The van der Waals surface area contributed by atoms with Gasteiger partial charge in [0.25, 0.3) is 0 Å². The number of ether oxygens (including phenoxy) is 1. The molecule has 1 aromatic carbocycles. The molecule has 1 fully saturated rings. The molecule has 1 saturated carbocycles. The van der Waals surface area contributed by atoms with E-state index in [2.05, 4.69) is 29.9 Å². The highest BCUT2D eigenvalue weighted by Crippen LogP contribution is 2.43. The molecule has 0 radical (unpaired) electrons. The Morgan fingerprint density at radius 3 is 2.03 bits per heavy atom. The van der Waals surface area contributed by atoms with Crippen molar-refractivity contribution < 1.29 is 9.53 Å². The molecule has 5 heteroatoms. The molecule has 5 nitrogen and oxygen atoms in total. The second-order valence-corrected chi connectivity index (χ2v) is 11.6. The lowest BCUT2D eigenvalue weighted by Gasteiger charge is -2.34. The maximum atomic E-state index is 12.9. The lowest BCUT2D eigenvalue weighted by Crippen LogP contribution is -2.31. The molecular weight excluding hydrogens is 482 g/mol. The average Bonchev–Trinajstić information content (AvgIpc) is 2.98. The fourth-order valence-corrected chi connectivity index (χ4v) is 5.68. The highest BCUT2D eigenvalue weighted by Gasteiger charge is 2.38. The van der Waals surface area contributed by atoms with Crippen LogP contribution in [0.2, 0.25) is 0 Å². The van der Waals surface area contributed by atoms with Gasteiger partial charge in [-0.2, -0.15) is 5.26 Å². The van der Waals surface area contributed by atoms with Crippen LogP contribution in [0, 0.1) is 22.7 Å². The van der Waals surface area contributed by atoms with E-state index in [1.165, 1.54) is 76.2 Å². The molecule has 0 saturated heterocycles. The Kier molecular flexibility index (Phi) is 13.5. The lowest BCUT2D eigenvalue weighted by molar-refractivity contribution is -0.140. The summed E-state index contributed by atoms with van der Waals surface area (Å²) in [5, 5.41) is 9.88. The van der Waals surface area contributed by atoms with Crippen molar-refractivity contribution in [1.82, 2.24) is 9.97 Å². The molecule has 3 rings (SSSR count). The number of nitriles is 1. The summed E-state index contributed by atoms with van der Waals surface area (Å²) in [7, 11) is 0. The van der Waals surface area contributed by atoms with Gasteiger partial charge in [0.1, 0.15) is 5.75 Å². The van der Waals surface area contributed by atoms with Crippen molar-refractivity contribution in [2.24, 2.45) is 11.3 Å². The maximum absolute atomic E-state index is 12.9. The van der Waals surface area contributed by atoms with Gasteiger partial charge in [-0.1, -0.05) is 84.5 Å². The summed E-state index contributed by atoms with van der Waals surface area (Å²) in [5.74, 6) is 0.931. The summed E-state index contributed by atoms with van der Waals surface area (Å²) >= 11 is 0. The predicted molar refractivity (Wildman–Crippen MR) is 158 cm³/mol. The van der Waals surface area contributed by atoms with E-state index in [1.54, 1.807) is 0 Å². The number of aryl methyl sites for hydroxylation is 1. The van der Waals surface area contributed by atoms with Crippen molar-refractivity contribution in [2.75, 3.05) is 0 Å². The van der Waals surface area contributed by atoms with Gasteiger partial charge < -0.3 is 4.74 Å². The topological polar surface area (TPSA) is 75.9 Å². The summed E-state index contributed by atoms with van der Waals surface area (Å²) in [6.07, 6.45) is 24.0. The normalized spacial score (nSPS) is 18.9. The number of aromatic nitrogens is 2. The lowest BCUT2D eigenvalue weighted by atomic mass is 9.69. The van der Waals surface area contributed by atoms with Crippen LogP contribution in [0.5, 0.6) is 5.75 Å². The summed E-state index contributed by atoms with van der Waals surface area (Å²) in [6, 6.07) is 10.1. The molecule has 212 valence electrons. The van der Waals surface area contributed by atoms with E-state index in [4.69, 9.17) is 4.74 Å². The molecule has 1 aliphatic carbocycles.